The van der Waals surface area contributed by atoms with Crippen LogP contribution in [-0.2, 0) is 21.1 Å². The quantitative estimate of drug-likeness (QED) is 0.141. The molecule has 0 atom stereocenters. The molecule has 0 aliphatic heterocycles. The number of hydrogen-bond donors (Lipinski definition) is 0. The molecular weight excluding hydrogens is 676 g/mol. The van der Waals surface area contributed by atoms with Crippen LogP contribution < -0.4 is 5.63 Å². The van der Waals surface area contributed by atoms with Crippen LogP contribution in [0.3, 0.4) is 0 Å². The number of hydrogen-bond acceptors (Lipinski definition) is 2. The first-order valence-electron chi connectivity index (χ1n) is 16.9. The minimum absolute atomic E-state index is 0.788. The Labute approximate surface area is 294 Å². The third kappa shape index (κ3) is 6.47. The van der Waals surface area contributed by atoms with E-state index in [4.69, 9.17) is 5.63 Å². The van der Waals surface area contributed by atoms with Crippen LogP contribution in [-0.4, -0.2) is 0 Å². The molecule has 6 aromatic carbocycles. The zero-order valence-corrected chi connectivity index (χ0v) is 29.7. The molecule has 0 fully saturated rings. The molecule has 3 heteroatoms. The van der Waals surface area contributed by atoms with Gasteiger partial charge >= 0.3 is 296 Å². The minimum atomic E-state index is -4.60. The molecule has 0 aromatic heterocycles. The van der Waals surface area contributed by atoms with Crippen molar-refractivity contribution in [1.82, 2.24) is 0 Å². The molecule has 8 rings (SSSR count). The molecule has 0 heterocycles. The first-order chi connectivity index (χ1) is 24.3. The van der Waals surface area contributed by atoms with Crippen molar-refractivity contribution in [2.45, 2.75) is 12.8 Å². The van der Waals surface area contributed by atoms with Crippen LogP contribution in [0, 0.1) is 0 Å². The molecule has 0 radical (unpaired) electrons. The van der Waals surface area contributed by atoms with Crippen LogP contribution in [0.1, 0.15) is 24.0 Å². The Kier molecular flexibility index (Phi) is 8.93. The average molecular weight is 712 g/mol. The van der Waals surface area contributed by atoms with Gasteiger partial charge in [-0.15, -0.1) is 0 Å². The third-order valence-corrected chi connectivity index (χ3v) is 18.1. The Hall–Kier alpha value is -5.24. The summed E-state index contributed by atoms with van der Waals surface area (Å²) < 4.78 is 17.7. The normalized spacial score (nSPS) is 14.0. The van der Waals surface area contributed by atoms with Gasteiger partial charge in [0.15, 0.2) is 0 Å². The summed E-state index contributed by atoms with van der Waals surface area (Å²) in [4.78, 5) is 0. The summed E-state index contributed by atoms with van der Waals surface area (Å²) in [6.45, 7) is 0. The first-order valence-corrected chi connectivity index (χ1v) is 21.3. The van der Waals surface area contributed by atoms with Crippen molar-refractivity contribution in [2.24, 2.45) is 0 Å². The molecule has 0 N–H and O–H groups in total. The predicted octanol–water partition coefficient (Wildman–Crippen LogP) is 12.2. The van der Waals surface area contributed by atoms with E-state index >= 15 is 0 Å². The number of rotatable bonds is 10. The third-order valence-electron chi connectivity index (χ3n) is 9.27. The van der Waals surface area contributed by atoms with Gasteiger partial charge in [-0.3, -0.25) is 0 Å². The Balaban J connectivity index is 1.32. The summed E-state index contributed by atoms with van der Waals surface area (Å²) >= 11 is -4.60. The maximum absolute atomic E-state index is 7.58. The van der Waals surface area contributed by atoms with E-state index in [0.29, 0.717) is 0 Å². The summed E-state index contributed by atoms with van der Waals surface area (Å²) in [5.74, 6) is 1.66. The second-order valence-electron chi connectivity index (χ2n) is 12.3. The molecule has 0 amide bonds. The second-order valence-corrected chi connectivity index (χ2v) is 19.3. The number of allylic oxidation sites excluding steroid dienone is 8. The summed E-state index contributed by atoms with van der Waals surface area (Å²) in [6.07, 6.45) is 10.7. The van der Waals surface area contributed by atoms with Gasteiger partial charge in [-0.2, -0.15) is 0 Å². The SMILES string of the molecule is C1=CC(c2ccccc2)=[C]([Zr]([O]c2ccc(-c3ccccc3)cc2)([O]c2ccc(-c3ccccc3)cc2)[C]2=C(c3ccccc3)C=CC2)C1. The topological polar surface area (TPSA) is 18.5 Å². The standard InChI is InChI=1S/2C12H10O.2C11H9.Zr/c2*13-12-8-6-11(7-9-12)10-4-2-1-3-5-10;2*1-2-6-10(7-3-1)11-8-4-5-9-11;/h2*1-9,13H;2*1-4,6-8H,5H2;/q;;;;+2/p-2. The zero-order valence-electron chi connectivity index (χ0n) is 27.2. The van der Waals surface area contributed by atoms with E-state index in [-0.39, 0.29) is 0 Å². The summed E-state index contributed by atoms with van der Waals surface area (Å²) in [5.41, 5.74) is 9.48. The maximum atomic E-state index is 7.58. The van der Waals surface area contributed by atoms with Crippen LogP contribution in [0.5, 0.6) is 11.5 Å². The number of benzene rings is 6. The van der Waals surface area contributed by atoms with Gasteiger partial charge in [0.2, 0.25) is 0 Å². The first kappa shape index (κ1) is 31.1. The molecule has 0 unspecified atom stereocenters. The van der Waals surface area contributed by atoms with Crippen molar-refractivity contribution >= 4 is 11.1 Å². The van der Waals surface area contributed by atoms with Crippen molar-refractivity contribution < 1.29 is 26.8 Å². The monoisotopic (exact) mass is 710 g/mol. The molecular formula is C46H36O2Zr. The predicted molar refractivity (Wildman–Crippen MR) is 199 cm³/mol. The molecule has 2 aliphatic carbocycles. The molecule has 2 aliphatic rings. The van der Waals surface area contributed by atoms with E-state index in [1.807, 2.05) is 0 Å². The van der Waals surface area contributed by atoms with Gasteiger partial charge in [-0.05, 0) is 0 Å². The van der Waals surface area contributed by atoms with Gasteiger partial charge in [-0.25, -0.2) is 0 Å². The van der Waals surface area contributed by atoms with E-state index in [2.05, 4.69) is 194 Å². The Morgan fingerprint density at radius 1 is 0.327 bits per heavy atom. The van der Waals surface area contributed by atoms with E-state index in [9.17, 15) is 0 Å². The van der Waals surface area contributed by atoms with Crippen molar-refractivity contribution in [1.29, 1.82) is 0 Å². The van der Waals surface area contributed by atoms with Crippen molar-refractivity contribution in [3.8, 4) is 33.8 Å². The molecule has 0 saturated heterocycles. The molecule has 6 aromatic rings. The van der Waals surface area contributed by atoms with Gasteiger partial charge < -0.3 is 0 Å². The van der Waals surface area contributed by atoms with Crippen LogP contribution >= 0.6 is 0 Å². The van der Waals surface area contributed by atoms with Crippen LogP contribution in [0.25, 0.3) is 33.4 Å². The van der Waals surface area contributed by atoms with Crippen molar-refractivity contribution in [3.63, 3.8) is 0 Å². The van der Waals surface area contributed by atoms with E-state index in [0.717, 1.165) is 35.5 Å². The summed E-state index contributed by atoms with van der Waals surface area (Å²) in [6, 6.07) is 59.5. The zero-order chi connectivity index (χ0) is 32.9. The second kappa shape index (κ2) is 14.1. The van der Waals surface area contributed by atoms with Gasteiger partial charge in [0, 0.05) is 0 Å². The van der Waals surface area contributed by atoms with Crippen molar-refractivity contribution in [2.75, 3.05) is 0 Å². The Bertz CT molecular complexity index is 2000. The Morgan fingerprint density at radius 2 is 0.633 bits per heavy atom. The molecule has 49 heavy (non-hydrogen) atoms. The molecule has 236 valence electrons. The Morgan fingerprint density at radius 3 is 0.980 bits per heavy atom. The van der Waals surface area contributed by atoms with Gasteiger partial charge in [0.25, 0.3) is 0 Å². The average Bonchev–Trinajstić information content (AvgIpc) is 3.89. The van der Waals surface area contributed by atoms with Crippen LogP contribution in [0.4, 0.5) is 0 Å². The molecule has 0 saturated carbocycles. The fourth-order valence-corrected chi connectivity index (χ4v) is 16.2. The van der Waals surface area contributed by atoms with Gasteiger partial charge in [0.1, 0.15) is 0 Å². The van der Waals surface area contributed by atoms with Gasteiger partial charge in [-0.1, -0.05) is 0 Å². The summed E-state index contributed by atoms with van der Waals surface area (Å²) in [5, 5.41) is 0. The van der Waals surface area contributed by atoms with E-state index < -0.39 is 21.1 Å². The fourth-order valence-electron chi connectivity index (χ4n) is 6.88. The summed E-state index contributed by atoms with van der Waals surface area (Å²) in [7, 11) is 0. The molecule has 2 nitrogen and oxygen atoms in total. The van der Waals surface area contributed by atoms with E-state index in [1.165, 1.54) is 40.0 Å². The van der Waals surface area contributed by atoms with Crippen LogP contribution in [0.15, 0.2) is 201 Å². The molecule has 0 spiro atoms. The van der Waals surface area contributed by atoms with Crippen LogP contribution in [0.2, 0.25) is 0 Å². The van der Waals surface area contributed by atoms with E-state index in [1.54, 1.807) is 0 Å². The molecule has 0 bridgehead atoms. The van der Waals surface area contributed by atoms with Gasteiger partial charge in [0.05, 0.1) is 0 Å². The van der Waals surface area contributed by atoms with Crippen molar-refractivity contribution in [3.05, 3.63) is 212 Å². The fraction of sp³-hybridized carbons (Fsp3) is 0.0435.